The lowest BCUT2D eigenvalue weighted by Gasteiger charge is -2.12. The molecule has 1 atom stereocenters. The third-order valence-corrected chi connectivity index (χ3v) is 7.88. The maximum atomic E-state index is 11.9. The van der Waals surface area contributed by atoms with Crippen molar-refractivity contribution in [2.45, 2.75) is 84.6 Å². The largest absolute Gasteiger partial charge is 0.468 e. The van der Waals surface area contributed by atoms with Gasteiger partial charge in [0, 0.05) is 44.4 Å². The Hall–Kier alpha value is -3.35. The number of carbonyl (C=O) groups excluding carboxylic acids is 5. The Morgan fingerprint density at radius 1 is 0.729 bits per heavy atom. The number of nitrogens with two attached hydrogens (primary N) is 1. The first-order chi connectivity index (χ1) is 23.2. The fraction of sp³-hybridized carbons (Fsp3) is 0.528. The van der Waals surface area contributed by atoms with Crippen LogP contribution >= 0.6 is 21.6 Å². The van der Waals surface area contributed by atoms with E-state index in [1.807, 2.05) is 6.08 Å². The molecule has 48 heavy (non-hydrogen) atoms. The predicted octanol–water partition coefficient (Wildman–Crippen LogP) is 5.93. The van der Waals surface area contributed by atoms with E-state index in [1.165, 1.54) is 31.8 Å². The number of esters is 1. The van der Waals surface area contributed by atoms with Crippen LogP contribution in [0.5, 0.6) is 0 Å². The Morgan fingerprint density at radius 3 is 1.52 bits per heavy atom. The molecule has 3 amide bonds. The van der Waals surface area contributed by atoms with Crippen LogP contribution in [0.25, 0.3) is 0 Å². The molecule has 0 rings (SSSR count). The van der Waals surface area contributed by atoms with E-state index >= 15 is 0 Å². The number of amides is 3. The number of primary amides is 1. The number of methoxy groups -OCH3 is 1. The average Bonchev–Trinajstić information content (AvgIpc) is 3.05. The fourth-order valence-electron chi connectivity index (χ4n) is 3.16. The van der Waals surface area contributed by atoms with Gasteiger partial charge < -0.3 is 31.2 Å². The molecule has 0 aromatic heterocycles. The van der Waals surface area contributed by atoms with Gasteiger partial charge in [0.25, 0.3) is 0 Å². The number of likely N-dealkylation sites (N-methyl/N-ethyl adjacent to an activating group) is 1. The SMILES string of the molecule is CC(N)=O.CC/C=C\C/C=C\C/C=C\C/C=C\C/C=C\C/C=C\CCC(=O)NCCNC(=O)CCSSCC(NC)C(=O)OC.CC=O. The Morgan fingerprint density at radius 2 is 1.12 bits per heavy atom. The second-order valence-electron chi connectivity index (χ2n) is 9.72. The molecule has 0 spiro atoms. The van der Waals surface area contributed by atoms with E-state index in [0.717, 1.165) is 44.8 Å². The van der Waals surface area contributed by atoms with Gasteiger partial charge in [0.1, 0.15) is 12.3 Å². The van der Waals surface area contributed by atoms with Gasteiger partial charge >= 0.3 is 5.97 Å². The Labute approximate surface area is 297 Å². The number of hydrogen-bond acceptors (Lipinski definition) is 9. The van der Waals surface area contributed by atoms with E-state index in [9.17, 15) is 19.2 Å². The Bertz CT molecular complexity index is 1010. The van der Waals surface area contributed by atoms with Gasteiger partial charge in [-0.15, -0.1) is 0 Å². The van der Waals surface area contributed by atoms with Crippen molar-refractivity contribution in [1.82, 2.24) is 16.0 Å². The lowest BCUT2D eigenvalue weighted by Crippen LogP contribution is -2.37. The Kier molecular flexibility index (Phi) is 42.6. The summed E-state index contributed by atoms with van der Waals surface area (Å²) in [7, 11) is 6.15. The molecule has 0 aliphatic rings. The minimum atomic E-state index is -0.352. The molecule has 0 saturated carbocycles. The van der Waals surface area contributed by atoms with Crippen molar-refractivity contribution in [2.75, 3.05) is 38.8 Å². The summed E-state index contributed by atoms with van der Waals surface area (Å²) in [4.78, 5) is 53.4. The lowest BCUT2D eigenvalue weighted by atomic mass is 10.2. The third-order valence-electron chi connectivity index (χ3n) is 5.47. The van der Waals surface area contributed by atoms with Crippen LogP contribution in [0.3, 0.4) is 0 Å². The number of rotatable bonds is 25. The summed E-state index contributed by atoms with van der Waals surface area (Å²) in [5, 5.41) is 8.54. The monoisotopic (exact) mass is 708 g/mol. The quantitative estimate of drug-likeness (QED) is 0.0297. The molecular formula is C36H60N4O6S2. The summed E-state index contributed by atoms with van der Waals surface area (Å²) < 4.78 is 4.72. The van der Waals surface area contributed by atoms with Crippen LogP contribution < -0.4 is 21.7 Å². The van der Waals surface area contributed by atoms with Crippen LogP contribution in [0.1, 0.15) is 78.6 Å². The molecule has 0 saturated heterocycles. The molecule has 272 valence electrons. The van der Waals surface area contributed by atoms with Crippen LogP contribution in [-0.4, -0.2) is 74.8 Å². The van der Waals surface area contributed by atoms with Crippen molar-refractivity contribution >= 4 is 51.6 Å². The van der Waals surface area contributed by atoms with E-state index in [2.05, 4.69) is 95.4 Å². The number of hydrogen-bond donors (Lipinski definition) is 4. The van der Waals surface area contributed by atoms with Gasteiger partial charge in [0.2, 0.25) is 17.7 Å². The van der Waals surface area contributed by atoms with Crippen molar-refractivity contribution in [2.24, 2.45) is 5.73 Å². The first-order valence-corrected chi connectivity index (χ1v) is 18.8. The molecule has 1 unspecified atom stereocenters. The second-order valence-corrected chi connectivity index (χ2v) is 12.3. The van der Waals surface area contributed by atoms with Crippen molar-refractivity contribution in [3.05, 3.63) is 72.9 Å². The number of carbonyl (C=O) groups is 5. The second kappa shape index (κ2) is 41.7. The summed E-state index contributed by atoms with van der Waals surface area (Å²) in [5.74, 6) is 0.517. The standard InChI is InChI=1S/C32H51N3O4S2.C2H5NO.C2H4O/c1-4-5-6-7-8-9-10-11-12-13-14-15-16-17-18-19-20-21-22-23-30(36)34-25-26-35-31(37)24-27-40-41-28-29(33-2)32(38)39-3;1-2(3)4;1-2-3/h5-6,8-9,11-12,14-15,17-18,20-21,29,33H,4,7,10,13,16,19,22-28H2,1-3H3,(H,34,36)(H,35,37);1H3,(H2,3,4);2H,1H3/b6-5-,9-8-,12-11-,15-14-,18-17-,21-20-;;. The van der Waals surface area contributed by atoms with Crippen molar-refractivity contribution in [1.29, 1.82) is 0 Å². The van der Waals surface area contributed by atoms with Gasteiger partial charge in [-0.3, -0.25) is 19.2 Å². The van der Waals surface area contributed by atoms with Crippen molar-refractivity contribution in [3.8, 4) is 0 Å². The van der Waals surface area contributed by atoms with Crippen LogP contribution in [-0.2, 0) is 28.7 Å². The zero-order chi connectivity index (χ0) is 36.5. The van der Waals surface area contributed by atoms with E-state index in [1.54, 1.807) is 17.8 Å². The lowest BCUT2D eigenvalue weighted by molar-refractivity contribution is -0.142. The molecule has 0 aliphatic heterocycles. The van der Waals surface area contributed by atoms with Crippen molar-refractivity contribution in [3.63, 3.8) is 0 Å². The summed E-state index contributed by atoms with van der Waals surface area (Å²) in [6.07, 6.45) is 34.1. The van der Waals surface area contributed by atoms with E-state index in [4.69, 9.17) is 9.53 Å². The van der Waals surface area contributed by atoms with Gasteiger partial charge in [0.15, 0.2) is 0 Å². The number of ether oxygens (including phenoxy) is 1. The summed E-state index contributed by atoms with van der Waals surface area (Å²) in [5.41, 5.74) is 4.47. The zero-order valence-electron chi connectivity index (χ0n) is 29.6. The number of allylic oxidation sites excluding steroid dienone is 12. The van der Waals surface area contributed by atoms with E-state index in [0.29, 0.717) is 43.9 Å². The molecule has 0 aromatic rings. The molecule has 0 radical (unpaired) electrons. The van der Waals surface area contributed by atoms with Crippen LogP contribution in [0.2, 0.25) is 0 Å². The van der Waals surface area contributed by atoms with Crippen LogP contribution in [0.15, 0.2) is 72.9 Å². The van der Waals surface area contributed by atoms with Crippen molar-refractivity contribution < 1.29 is 28.7 Å². The molecule has 0 fully saturated rings. The molecule has 12 heteroatoms. The molecule has 10 nitrogen and oxygen atoms in total. The highest BCUT2D eigenvalue weighted by Gasteiger charge is 2.16. The molecular weight excluding hydrogens is 649 g/mol. The van der Waals surface area contributed by atoms with E-state index in [-0.39, 0.29) is 29.7 Å². The van der Waals surface area contributed by atoms with Crippen LogP contribution in [0.4, 0.5) is 0 Å². The van der Waals surface area contributed by atoms with Gasteiger partial charge in [-0.1, -0.05) is 101 Å². The number of nitrogens with one attached hydrogen (secondary N) is 3. The normalized spacial score (nSPS) is 11.9. The predicted molar refractivity (Wildman–Crippen MR) is 204 cm³/mol. The van der Waals surface area contributed by atoms with Crippen LogP contribution in [0, 0.1) is 0 Å². The fourth-order valence-corrected chi connectivity index (χ4v) is 5.38. The van der Waals surface area contributed by atoms with E-state index < -0.39 is 0 Å². The topological polar surface area (TPSA) is 157 Å². The van der Waals surface area contributed by atoms with Gasteiger partial charge in [-0.05, 0) is 58.9 Å². The van der Waals surface area contributed by atoms with Gasteiger partial charge in [-0.2, -0.15) is 0 Å². The number of aldehydes is 1. The maximum absolute atomic E-state index is 11.9. The average molecular weight is 709 g/mol. The summed E-state index contributed by atoms with van der Waals surface area (Å²) in [6.45, 7) is 5.72. The molecule has 0 aromatic carbocycles. The first kappa shape index (κ1) is 49.0. The third kappa shape index (κ3) is 44.8. The minimum Gasteiger partial charge on any atom is -0.468 e. The smallest absolute Gasteiger partial charge is 0.323 e. The molecule has 0 bridgehead atoms. The summed E-state index contributed by atoms with van der Waals surface area (Å²) in [6, 6.07) is -0.352. The Balaban J connectivity index is -0.00000262. The summed E-state index contributed by atoms with van der Waals surface area (Å²) >= 11 is 0. The van der Waals surface area contributed by atoms with Gasteiger partial charge in [0.05, 0.1) is 7.11 Å². The maximum Gasteiger partial charge on any atom is 0.323 e. The minimum absolute atomic E-state index is 0.0181. The zero-order valence-corrected chi connectivity index (χ0v) is 31.3. The molecule has 5 N–H and O–H groups in total. The highest BCUT2D eigenvalue weighted by atomic mass is 33.1. The molecule has 0 heterocycles. The highest BCUT2D eigenvalue weighted by molar-refractivity contribution is 8.76. The first-order valence-electron chi connectivity index (χ1n) is 16.3. The van der Waals surface area contributed by atoms with Gasteiger partial charge in [-0.25, -0.2) is 0 Å². The highest BCUT2D eigenvalue weighted by Crippen LogP contribution is 2.22. The molecule has 0 aliphatic carbocycles.